The number of nitrogens with zero attached hydrogens (tertiary/aromatic N) is 1. The number of halogens is 3. The van der Waals surface area contributed by atoms with Crippen LogP contribution in [0.3, 0.4) is 0 Å². The van der Waals surface area contributed by atoms with Crippen molar-refractivity contribution in [3.05, 3.63) is 33.9 Å². The normalized spacial score (nSPS) is 10.4. The van der Waals surface area contributed by atoms with Gasteiger partial charge in [-0.3, -0.25) is 20.1 Å². The smallest absolute Gasteiger partial charge is 0.422 e. The largest absolute Gasteiger partial charge is 0.467 e. The van der Waals surface area contributed by atoms with E-state index in [1.165, 1.54) is 7.11 Å². The Labute approximate surface area is 137 Å². The summed E-state index contributed by atoms with van der Waals surface area (Å²) in [5.41, 5.74) is -0.289. The van der Waals surface area contributed by atoms with Gasteiger partial charge in [0.2, 0.25) is 5.88 Å². The van der Waals surface area contributed by atoms with E-state index in [1.54, 1.807) is 0 Å². The van der Waals surface area contributed by atoms with Crippen molar-refractivity contribution in [1.82, 2.24) is 20.4 Å². The molecule has 25 heavy (non-hydrogen) atoms. The van der Waals surface area contributed by atoms with E-state index < -0.39 is 24.7 Å². The van der Waals surface area contributed by atoms with Gasteiger partial charge in [0.1, 0.15) is 11.4 Å². The Bertz CT molecular complexity index is 763. The van der Waals surface area contributed by atoms with Crippen LogP contribution in [0.5, 0.6) is 5.88 Å². The van der Waals surface area contributed by atoms with E-state index in [9.17, 15) is 27.6 Å². The highest BCUT2D eigenvalue weighted by Crippen LogP contribution is 2.17. The van der Waals surface area contributed by atoms with Crippen molar-refractivity contribution in [2.24, 2.45) is 0 Å². The van der Waals surface area contributed by atoms with Gasteiger partial charge < -0.3 is 14.2 Å². The predicted molar refractivity (Wildman–Crippen MR) is 74.2 cm³/mol. The van der Waals surface area contributed by atoms with E-state index in [4.69, 9.17) is 0 Å². The molecule has 2 aromatic heterocycles. The number of H-pyrrole nitrogens is 3. The van der Waals surface area contributed by atoms with Crippen molar-refractivity contribution in [3.63, 3.8) is 0 Å². The van der Waals surface area contributed by atoms with Crippen molar-refractivity contribution in [1.29, 1.82) is 0 Å². The number of carbonyl (C=O) groups is 2. The van der Waals surface area contributed by atoms with Gasteiger partial charge in [-0.15, -0.1) is 5.10 Å². The molecule has 2 rings (SSSR count). The number of methoxy groups -OCH3 is 2. The summed E-state index contributed by atoms with van der Waals surface area (Å²) in [6.07, 6.45) is -4.44. The zero-order valence-corrected chi connectivity index (χ0v) is 12.9. The maximum Gasteiger partial charge on any atom is 0.422 e. The molecular weight excluding hydrogens is 353 g/mol. The summed E-state index contributed by atoms with van der Waals surface area (Å²) in [6, 6.07) is 2.16. The third-order valence-corrected chi connectivity index (χ3v) is 2.34. The van der Waals surface area contributed by atoms with Crippen molar-refractivity contribution < 1.29 is 37.0 Å². The average Bonchev–Trinajstić information content (AvgIpc) is 3.20. The lowest BCUT2D eigenvalue weighted by atomic mass is 10.4. The van der Waals surface area contributed by atoms with Crippen LogP contribution < -0.4 is 10.3 Å². The first-order valence-corrected chi connectivity index (χ1v) is 6.35. The first-order chi connectivity index (χ1) is 11.7. The number of aromatic nitrogens is 4. The molecule has 2 heterocycles. The van der Waals surface area contributed by atoms with Gasteiger partial charge in [0.25, 0.3) is 5.56 Å². The summed E-state index contributed by atoms with van der Waals surface area (Å²) in [7, 11) is 2.38. The van der Waals surface area contributed by atoms with Gasteiger partial charge in [0.15, 0.2) is 6.61 Å². The van der Waals surface area contributed by atoms with Gasteiger partial charge in [0.05, 0.1) is 14.2 Å². The molecule has 0 atom stereocenters. The van der Waals surface area contributed by atoms with Gasteiger partial charge in [-0.05, 0) is 0 Å². The first kappa shape index (κ1) is 19.8. The lowest BCUT2D eigenvalue weighted by Crippen LogP contribution is -2.19. The van der Waals surface area contributed by atoms with Gasteiger partial charge in [0, 0.05) is 12.1 Å². The number of rotatable bonds is 4. The topological polar surface area (TPSA) is 139 Å². The van der Waals surface area contributed by atoms with Crippen LogP contribution in [0, 0.1) is 0 Å². The van der Waals surface area contributed by atoms with Gasteiger partial charge >= 0.3 is 18.1 Å². The Morgan fingerprint density at radius 1 is 1.08 bits per heavy atom. The Balaban J connectivity index is 0.000000271. The number of aromatic amines is 3. The van der Waals surface area contributed by atoms with Crippen LogP contribution in [0.25, 0.3) is 0 Å². The lowest BCUT2D eigenvalue weighted by molar-refractivity contribution is -0.154. The summed E-state index contributed by atoms with van der Waals surface area (Å²) >= 11 is 0. The molecule has 0 aliphatic carbocycles. The molecule has 0 bridgehead atoms. The molecule has 0 fully saturated rings. The SMILES string of the molecule is COC(=O)c1cc(=O)[nH][nH]1.COC(=O)c1cc(OCC(F)(F)F)n[nH]1. The van der Waals surface area contributed by atoms with Crippen LogP contribution in [0.2, 0.25) is 0 Å². The number of alkyl halides is 3. The Kier molecular flexibility index (Phi) is 6.78. The summed E-state index contributed by atoms with van der Waals surface area (Å²) in [4.78, 5) is 31.9. The van der Waals surface area contributed by atoms with Crippen molar-refractivity contribution >= 4 is 11.9 Å². The summed E-state index contributed by atoms with van der Waals surface area (Å²) in [5.74, 6) is -1.60. The molecule has 0 spiro atoms. The third-order valence-electron chi connectivity index (χ3n) is 2.34. The Hall–Kier alpha value is -3.25. The van der Waals surface area contributed by atoms with Crippen LogP contribution in [-0.2, 0) is 9.47 Å². The number of hydrogen-bond donors (Lipinski definition) is 3. The van der Waals surface area contributed by atoms with Gasteiger partial charge in [-0.2, -0.15) is 13.2 Å². The van der Waals surface area contributed by atoms with Crippen molar-refractivity contribution in [2.75, 3.05) is 20.8 Å². The molecule has 0 saturated heterocycles. The predicted octanol–water partition coefficient (Wildman–Crippen LogP) is 0.627. The second kappa shape index (κ2) is 8.56. The molecule has 13 heteroatoms. The molecule has 0 saturated carbocycles. The van der Waals surface area contributed by atoms with E-state index >= 15 is 0 Å². The minimum absolute atomic E-state index is 0.0744. The third kappa shape index (κ3) is 6.80. The van der Waals surface area contributed by atoms with E-state index in [0.717, 1.165) is 19.2 Å². The van der Waals surface area contributed by atoms with Crippen molar-refractivity contribution in [2.45, 2.75) is 6.18 Å². The number of hydrogen-bond acceptors (Lipinski definition) is 7. The van der Waals surface area contributed by atoms with E-state index in [0.29, 0.717) is 0 Å². The number of esters is 2. The van der Waals surface area contributed by atoms with E-state index in [1.807, 2.05) is 0 Å². The number of nitrogens with one attached hydrogen (secondary N) is 3. The van der Waals surface area contributed by atoms with Crippen LogP contribution in [-0.4, -0.2) is 59.3 Å². The van der Waals surface area contributed by atoms with Crippen LogP contribution >= 0.6 is 0 Å². The number of carbonyl (C=O) groups excluding carboxylic acids is 2. The Morgan fingerprint density at radius 2 is 1.68 bits per heavy atom. The summed E-state index contributed by atoms with van der Waals surface area (Å²) < 4.78 is 48.1. The lowest BCUT2D eigenvalue weighted by Gasteiger charge is -2.05. The van der Waals surface area contributed by atoms with E-state index in [2.05, 4.69) is 34.6 Å². The fraction of sp³-hybridized carbons (Fsp3) is 0.333. The molecule has 0 radical (unpaired) electrons. The average molecular weight is 366 g/mol. The molecular formula is C12H13F3N4O6. The highest BCUT2D eigenvalue weighted by Gasteiger charge is 2.29. The molecule has 3 N–H and O–H groups in total. The molecule has 0 amide bonds. The highest BCUT2D eigenvalue weighted by atomic mass is 19.4. The molecule has 0 aliphatic heterocycles. The number of ether oxygens (including phenoxy) is 3. The molecule has 10 nitrogen and oxygen atoms in total. The fourth-order valence-electron chi connectivity index (χ4n) is 1.30. The molecule has 0 aromatic carbocycles. The zero-order valence-electron chi connectivity index (χ0n) is 12.9. The molecule has 2 aromatic rings. The van der Waals surface area contributed by atoms with Crippen molar-refractivity contribution in [3.8, 4) is 5.88 Å². The first-order valence-electron chi connectivity index (χ1n) is 6.35. The second-order valence-electron chi connectivity index (χ2n) is 4.18. The molecule has 0 unspecified atom stereocenters. The maximum absolute atomic E-state index is 11.7. The van der Waals surface area contributed by atoms with Crippen LogP contribution in [0.4, 0.5) is 13.2 Å². The fourth-order valence-corrected chi connectivity index (χ4v) is 1.30. The highest BCUT2D eigenvalue weighted by molar-refractivity contribution is 5.87. The minimum Gasteiger partial charge on any atom is -0.467 e. The zero-order chi connectivity index (χ0) is 19.0. The van der Waals surface area contributed by atoms with Gasteiger partial charge in [-0.25, -0.2) is 9.59 Å². The Morgan fingerprint density at radius 3 is 2.16 bits per heavy atom. The van der Waals surface area contributed by atoms with Gasteiger partial charge in [-0.1, -0.05) is 0 Å². The van der Waals surface area contributed by atoms with E-state index in [-0.39, 0.29) is 22.8 Å². The minimum atomic E-state index is -4.44. The van der Waals surface area contributed by atoms with Crippen LogP contribution in [0.1, 0.15) is 21.0 Å². The van der Waals surface area contributed by atoms with Crippen LogP contribution in [0.15, 0.2) is 16.9 Å². The monoisotopic (exact) mass is 366 g/mol. The summed E-state index contributed by atoms with van der Waals surface area (Å²) in [5, 5.41) is 10.1. The maximum atomic E-state index is 11.7. The molecule has 138 valence electrons. The summed E-state index contributed by atoms with van der Waals surface area (Å²) in [6.45, 7) is -1.46. The standard InChI is InChI=1S/C7H7F3N2O3.C5H6N2O3/c1-14-6(13)4-2-5(12-11-4)15-3-7(8,9)10;1-10-5(9)3-2-4(8)7-6-3/h2H,3H2,1H3,(H,11,12);2H,1H3,(H2,6,7,8). The second-order valence-corrected chi connectivity index (χ2v) is 4.18. The quantitative estimate of drug-likeness (QED) is 0.674. The molecule has 0 aliphatic rings.